The van der Waals surface area contributed by atoms with E-state index in [1.54, 1.807) is 4.90 Å². The number of nitrogens with zero attached hydrogens (tertiary/aromatic N) is 1. The Bertz CT molecular complexity index is 591. The maximum atomic E-state index is 13.3. The minimum Gasteiger partial charge on any atom is -0.352 e. The molecular formula is C15H17F3N2O. The molecule has 6 heteroatoms. The molecular weight excluding hydrogens is 281 g/mol. The molecule has 1 aliphatic heterocycles. The van der Waals surface area contributed by atoms with Crippen LogP contribution >= 0.6 is 0 Å². The fourth-order valence-corrected chi connectivity index (χ4v) is 3.43. The number of hydrogen-bond donors (Lipinski definition) is 1. The highest BCUT2D eigenvalue weighted by molar-refractivity contribution is 6.08. The minimum absolute atomic E-state index is 0.110. The Hall–Kier alpha value is -1.72. The van der Waals surface area contributed by atoms with E-state index < -0.39 is 17.3 Å². The summed E-state index contributed by atoms with van der Waals surface area (Å²) in [6.07, 6.45) is -2.38. The molecule has 1 aliphatic carbocycles. The first kappa shape index (κ1) is 14.2. The number of amides is 1. The second-order valence-electron chi connectivity index (χ2n) is 6.00. The summed E-state index contributed by atoms with van der Waals surface area (Å²) in [5.74, 6) is -0.186. The fourth-order valence-electron chi connectivity index (χ4n) is 3.43. The summed E-state index contributed by atoms with van der Waals surface area (Å²) in [5, 5.41) is 2.67. The third-order valence-electron chi connectivity index (χ3n) is 4.41. The molecule has 3 nitrogen and oxygen atoms in total. The second kappa shape index (κ2) is 4.39. The second-order valence-corrected chi connectivity index (χ2v) is 6.00. The number of hydrogen-bond acceptors (Lipinski definition) is 2. The topological polar surface area (TPSA) is 32.3 Å². The van der Waals surface area contributed by atoms with Crippen LogP contribution in [0.1, 0.15) is 38.7 Å². The van der Waals surface area contributed by atoms with Gasteiger partial charge in [-0.15, -0.1) is 0 Å². The van der Waals surface area contributed by atoms with Crippen LogP contribution in [0.3, 0.4) is 0 Å². The zero-order valence-electron chi connectivity index (χ0n) is 11.9. The number of fused-ring (bicyclic) bond motifs is 1. The van der Waals surface area contributed by atoms with Gasteiger partial charge in [0.2, 0.25) is 5.91 Å². The lowest BCUT2D eigenvalue weighted by Gasteiger charge is -2.55. The van der Waals surface area contributed by atoms with Gasteiger partial charge < -0.3 is 10.2 Å². The van der Waals surface area contributed by atoms with E-state index in [9.17, 15) is 18.0 Å². The van der Waals surface area contributed by atoms with E-state index >= 15 is 0 Å². The summed E-state index contributed by atoms with van der Waals surface area (Å²) in [6, 6.07) is 3.76. The summed E-state index contributed by atoms with van der Waals surface area (Å²) < 4.78 is 40.0. The van der Waals surface area contributed by atoms with E-state index in [4.69, 9.17) is 0 Å². The van der Waals surface area contributed by atoms with Crippen LogP contribution in [-0.4, -0.2) is 17.5 Å². The van der Waals surface area contributed by atoms with Crippen molar-refractivity contribution in [2.45, 2.75) is 50.9 Å². The van der Waals surface area contributed by atoms with Crippen LogP contribution in [0.2, 0.25) is 0 Å². The SMILES string of the molecule is CC(C)N1c2c(cccc2C(F)(F)F)NC(=O)C12CCC2. The van der Waals surface area contributed by atoms with Crippen molar-refractivity contribution >= 4 is 17.3 Å². The Kier molecular flexibility index (Phi) is 2.97. The Labute approximate surface area is 121 Å². The smallest absolute Gasteiger partial charge is 0.352 e. The number of carbonyl (C=O) groups excluding carboxylic acids is 1. The van der Waals surface area contributed by atoms with Gasteiger partial charge in [-0.2, -0.15) is 13.2 Å². The van der Waals surface area contributed by atoms with Gasteiger partial charge in [-0.25, -0.2) is 0 Å². The molecule has 1 N–H and O–H groups in total. The van der Waals surface area contributed by atoms with Gasteiger partial charge in [-0.05, 0) is 45.2 Å². The van der Waals surface area contributed by atoms with Crippen molar-refractivity contribution in [3.8, 4) is 0 Å². The quantitative estimate of drug-likeness (QED) is 0.855. The van der Waals surface area contributed by atoms with Crippen LogP contribution in [0.25, 0.3) is 0 Å². The van der Waals surface area contributed by atoms with Crippen LogP contribution in [-0.2, 0) is 11.0 Å². The van der Waals surface area contributed by atoms with Crippen molar-refractivity contribution in [1.82, 2.24) is 0 Å². The van der Waals surface area contributed by atoms with Gasteiger partial charge in [0, 0.05) is 6.04 Å². The molecule has 0 unspecified atom stereocenters. The largest absolute Gasteiger partial charge is 0.418 e. The molecule has 0 atom stereocenters. The molecule has 1 spiro atoms. The van der Waals surface area contributed by atoms with Crippen LogP contribution in [0.4, 0.5) is 24.5 Å². The lowest BCUT2D eigenvalue weighted by Crippen LogP contribution is -2.66. The highest BCUT2D eigenvalue weighted by atomic mass is 19.4. The number of benzene rings is 1. The first-order valence-corrected chi connectivity index (χ1v) is 7.08. The normalized spacial score (nSPS) is 20.3. The molecule has 0 aromatic heterocycles. The van der Waals surface area contributed by atoms with Crippen LogP contribution < -0.4 is 10.2 Å². The van der Waals surface area contributed by atoms with Gasteiger partial charge >= 0.3 is 6.18 Å². The predicted octanol–water partition coefficient (Wildman–Crippen LogP) is 3.80. The number of halogens is 3. The Balaban J connectivity index is 2.24. The van der Waals surface area contributed by atoms with Gasteiger partial charge in [0.15, 0.2) is 0 Å². The number of anilines is 2. The van der Waals surface area contributed by atoms with E-state index in [1.165, 1.54) is 12.1 Å². The molecule has 2 aliphatic rings. The number of para-hydroxylation sites is 1. The molecule has 1 aromatic carbocycles. The highest BCUT2D eigenvalue weighted by Gasteiger charge is 2.54. The van der Waals surface area contributed by atoms with Gasteiger partial charge in [0.05, 0.1) is 16.9 Å². The van der Waals surface area contributed by atoms with E-state index in [0.717, 1.165) is 12.5 Å². The lowest BCUT2D eigenvalue weighted by atomic mass is 9.72. The zero-order valence-corrected chi connectivity index (χ0v) is 11.9. The first-order valence-electron chi connectivity index (χ1n) is 7.08. The highest BCUT2D eigenvalue weighted by Crippen LogP contribution is 2.51. The van der Waals surface area contributed by atoms with Gasteiger partial charge in [-0.3, -0.25) is 4.79 Å². The number of rotatable bonds is 1. The summed E-state index contributed by atoms with van der Waals surface area (Å²) in [7, 11) is 0. The lowest BCUT2D eigenvalue weighted by molar-refractivity contribution is -0.138. The van der Waals surface area contributed by atoms with E-state index in [0.29, 0.717) is 12.8 Å². The van der Waals surface area contributed by atoms with Gasteiger partial charge in [-0.1, -0.05) is 6.07 Å². The number of nitrogens with one attached hydrogen (secondary N) is 1. The van der Waals surface area contributed by atoms with E-state index in [2.05, 4.69) is 5.32 Å². The third kappa shape index (κ3) is 1.92. The molecule has 1 heterocycles. The fraction of sp³-hybridized carbons (Fsp3) is 0.533. The van der Waals surface area contributed by atoms with Crippen molar-refractivity contribution in [3.63, 3.8) is 0 Å². The van der Waals surface area contributed by atoms with Crippen molar-refractivity contribution < 1.29 is 18.0 Å². The average Bonchev–Trinajstić information content (AvgIpc) is 2.32. The maximum absolute atomic E-state index is 13.3. The Morgan fingerprint density at radius 3 is 2.43 bits per heavy atom. The first-order chi connectivity index (χ1) is 9.77. The predicted molar refractivity (Wildman–Crippen MR) is 74.3 cm³/mol. The molecule has 1 aromatic rings. The van der Waals surface area contributed by atoms with Gasteiger partial charge in [0.1, 0.15) is 5.54 Å². The molecule has 1 fully saturated rings. The third-order valence-corrected chi connectivity index (χ3v) is 4.41. The molecule has 1 amide bonds. The monoisotopic (exact) mass is 298 g/mol. The van der Waals surface area contributed by atoms with Crippen molar-refractivity contribution in [3.05, 3.63) is 23.8 Å². The van der Waals surface area contributed by atoms with E-state index in [1.807, 2.05) is 13.8 Å². The van der Waals surface area contributed by atoms with Gasteiger partial charge in [0.25, 0.3) is 0 Å². The molecule has 114 valence electrons. The van der Waals surface area contributed by atoms with Crippen LogP contribution in [0.5, 0.6) is 0 Å². The number of alkyl halides is 3. The molecule has 21 heavy (non-hydrogen) atoms. The summed E-state index contributed by atoms with van der Waals surface area (Å²) in [5.41, 5.74) is -1.14. The summed E-state index contributed by atoms with van der Waals surface area (Å²) in [4.78, 5) is 14.1. The Morgan fingerprint density at radius 1 is 1.29 bits per heavy atom. The molecule has 1 saturated carbocycles. The molecule has 3 rings (SSSR count). The summed E-state index contributed by atoms with van der Waals surface area (Å²) in [6.45, 7) is 3.66. The Morgan fingerprint density at radius 2 is 1.95 bits per heavy atom. The number of carbonyl (C=O) groups is 1. The van der Waals surface area contributed by atoms with E-state index in [-0.39, 0.29) is 23.3 Å². The maximum Gasteiger partial charge on any atom is 0.418 e. The molecule has 0 bridgehead atoms. The van der Waals surface area contributed by atoms with Crippen LogP contribution in [0.15, 0.2) is 18.2 Å². The van der Waals surface area contributed by atoms with Crippen molar-refractivity contribution in [2.75, 3.05) is 10.2 Å². The molecule has 0 saturated heterocycles. The zero-order chi connectivity index (χ0) is 15.4. The summed E-state index contributed by atoms with van der Waals surface area (Å²) >= 11 is 0. The van der Waals surface area contributed by atoms with Crippen LogP contribution in [0, 0.1) is 0 Å². The minimum atomic E-state index is -4.44. The standard InChI is InChI=1S/C15H17F3N2O/c1-9(2)20-12-10(15(16,17)18)5-3-6-11(12)19-13(21)14(20)7-4-8-14/h3,5-6,9H,4,7-8H2,1-2H3,(H,19,21). The molecule has 0 radical (unpaired) electrons. The average molecular weight is 298 g/mol. The van der Waals surface area contributed by atoms with Crippen molar-refractivity contribution in [2.24, 2.45) is 0 Å². The van der Waals surface area contributed by atoms with Crippen molar-refractivity contribution in [1.29, 1.82) is 0 Å².